The van der Waals surface area contributed by atoms with E-state index < -0.39 is 0 Å². The highest BCUT2D eigenvalue weighted by molar-refractivity contribution is 5.74. The molecule has 2 aliphatic rings. The van der Waals surface area contributed by atoms with Gasteiger partial charge in [0.2, 0.25) is 5.91 Å². The van der Waals surface area contributed by atoms with Gasteiger partial charge in [0.15, 0.2) is 0 Å². The molecular weight excluding hydrogens is 292 g/mol. The molecular formula is C17H26N4O2. The highest BCUT2D eigenvalue weighted by Crippen LogP contribution is 2.29. The minimum Gasteiger partial charge on any atom is -0.338 e. The summed E-state index contributed by atoms with van der Waals surface area (Å²) in [5, 5.41) is 0. The number of carbonyl (C=O) groups is 1. The van der Waals surface area contributed by atoms with Gasteiger partial charge >= 0.3 is 0 Å². The number of aromatic amines is 1. The van der Waals surface area contributed by atoms with Crippen LogP contribution in [-0.4, -0.2) is 50.8 Å². The lowest BCUT2D eigenvalue weighted by atomic mass is 10.2. The average Bonchev–Trinajstić information content (AvgIpc) is 3.25. The Morgan fingerprint density at radius 2 is 2.22 bits per heavy atom. The highest BCUT2D eigenvalue weighted by Gasteiger charge is 2.35. The van der Waals surface area contributed by atoms with E-state index in [0.29, 0.717) is 18.6 Å². The number of H-pyrrole nitrogens is 1. The van der Waals surface area contributed by atoms with Crippen molar-refractivity contribution in [2.24, 2.45) is 0 Å². The number of carbonyl (C=O) groups excluding carboxylic acids is 1. The number of rotatable bonds is 6. The van der Waals surface area contributed by atoms with Crippen LogP contribution in [0.4, 0.5) is 0 Å². The van der Waals surface area contributed by atoms with Gasteiger partial charge < -0.3 is 9.88 Å². The summed E-state index contributed by atoms with van der Waals surface area (Å²) in [6.45, 7) is 6.13. The minimum atomic E-state index is -0.0778. The fourth-order valence-corrected chi connectivity index (χ4v) is 3.47. The summed E-state index contributed by atoms with van der Waals surface area (Å²) in [5.41, 5.74) is 0.758. The molecule has 23 heavy (non-hydrogen) atoms. The van der Waals surface area contributed by atoms with Crippen LogP contribution in [0.3, 0.4) is 0 Å². The topological polar surface area (TPSA) is 69.3 Å². The molecule has 6 nitrogen and oxygen atoms in total. The van der Waals surface area contributed by atoms with E-state index in [1.807, 2.05) is 11.8 Å². The number of aryl methyl sites for hydroxylation is 1. The number of hydrogen-bond acceptors (Lipinski definition) is 4. The molecule has 1 aliphatic carbocycles. The van der Waals surface area contributed by atoms with Gasteiger partial charge in [0.1, 0.15) is 5.82 Å². The average molecular weight is 318 g/mol. The quantitative estimate of drug-likeness (QED) is 0.858. The summed E-state index contributed by atoms with van der Waals surface area (Å²) in [6.07, 6.45) is 5.28. The zero-order chi connectivity index (χ0) is 16.4. The first kappa shape index (κ1) is 16.2. The Hall–Kier alpha value is -1.69. The number of likely N-dealkylation sites (tertiary alicyclic amines) is 1. The zero-order valence-electron chi connectivity index (χ0n) is 14.0. The lowest BCUT2D eigenvalue weighted by Gasteiger charge is -2.30. The Morgan fingerprint density at radius 1 is 1.43 bits per heavy atom. The van der Waals surface area contributed by atoms with E-state index in [2.05, 4.69) is 14.9 Å². The van der Waals surface area contributed by atoms with Crippen LogP contribution in [-0.2, 0) is 17.8 Å². The van der Waals surface area contributed by atoms with Gasteiger partial charge in [0.05, 0.1) is 6.54 Å². The fourth-order valence-electron chi connectivity index (χ4n) is 3.47. The minimum absolute atomic E-state index is 0.0778. The molecule has 1 N–H and O–H groups in total. The van der Waals surface area contributed by atoms with Crippen molar-refractivity contribution >= 4 is 5.91 Å². The number of amides is 1. The van der Waals surface area contributed by atoms with Gasteiger partial charge in [-0.3, -0.25) is 14.5 Å². The second-order valence-corrected chi connectivity index (χ2v) is 6.71. The Balaban J connectivity index is 1.68. The largest absolute Gasteiger partial charge is 0.338 e. The maximum absolute atomic E-state index is 11.9. The van der Waals surface area contributed by atoms with Gasteiger partial charge in [0, 0.05) is 37.3 Å². The van der Waals surface area contributed by atoms with Crippen molar-refractivity contribution in [3.8, 4) is 0 Å². The molecule has 1 aromatic rings. The van der Waals surface area contributed by atoms with E-state index in [-0.39, 0.29) is 11.5 Å². The van der Waals surface area contributed by atoms with Gasteiger partial charge in [-0.15, -0.1) is 0 Å². The van der Waals surface area contributed by atoms with Crippen molar-refractivity contribution in [2.45, 2.75) is 64.6 Å². The van der Waals surface area contributed by atoms with E-state index in [1.165, 1.54) is 0 Å². The Bertz CT molecular complexity index is 623. The molecule has 1 saturated carbocycles. The Kier molecular flexibility index (Phi) is 4.80. The molecule has 1 amide bonds. The molecule has 1 aliphatic heterocycles. The normalized spacial score (nSPS) is 21.6. The number of nitrogens with zero attached hydrogens (tertiary/aromatic N) is 3. The predicted molar refractivity (Wildman–Crippen MR) is 88.1 cm³/mol. The lowest BCUT2D eigenvalue weighted by molar-refractivity contribution is -0.130. The third-order valence-electron chi connectivity index (χ3n) is 4.86. The second kappa shape index (κ2) is 6.83. The Labute approximate surface area is 136 Å². The van der Waals surface area contributed by atoms with Gasteiger partial charge in [0.25, 0.3) is 5.56 Å². The molecule has 2 heterocycles. The van der Waals surface area contributed by atoms with Gasteiger partial charge in [-0.2, -0.15) is 0 Å². The van der Waals surface area contributed by atoms with Crippen molar-refractivity contribution in [2.75, 3.05) is 13.1 Å². The maximum atomic E-state index is 11.9. The monoisotopic (exact) mass is 318 g/mol. The zero-order valence-corrected chi connectivity index (χ0v) is 14.0. The van der Waals surface area contributed by atoms with E-state index in [1.54, 1.807) is 13.0 Å². The summed E-state index contributed by atoms with van der Waals surface area (Å²) in [5.74, 6) is 0.918. The number of hydrogen-bond donors (Lipinski definition) is 1. The standard InChI is InChI=1S/C17H26N4O2/c1-3-13-9-17(23)19-16(18-13)11-20-8-4-5-15(20)10-21(12(2)22)14-6-7-14/h9,14-15H,3-8,10-11H2,1-2H3,(H,18,19,23). The third-order valence-corrected chi connectivity index (χ3v) is 4.86. The molecule has 126 valence electrons. The van der Waals surface area contributed by atoms with Gasteiger partial charge in [-0.25, -0.2) is 4.98 Å². The first-order chi connectivity index (χ1) is 11.1. The van der Waals surface area contributed by atoms with Crippen LogP contribution in [0.15, 0.2) is 10.9 Å². The van der Waals surface area contributed by atoms with Gasteiger partial charge in [-0.1, -0.05) is 6.92 Å². The summed E-state index contributed by atoms with van der Waals surface area (Å²) in [6, 6.07) is 2.39. The Morgan fingerprint density at radius 3 is 2.87 bits per heavy atom. The summed E-state index contributed by atoms with van der Waals surface area (Å²) >= 11 is 0. The van der Waals surface area contributed by atoms with Crippen molar-refractivity contribution < 1.29 is 4.79 Å². The lowest BCUT2D eigenvalue weighted by Crippen LogP contribution is -2.43. The van der Waals surface area contributed by atoms with Crippen molar-refractivity contribution in [1.29, 1.82) is 0 Å². The van der Waals surface area contributed by atoms with Gasteiger partial charge in [-0.05, 0) is 38.6 Å². The van der Waals surface area contributed by atoms with Crippen LogP contribution >= 0.6 is 0 Å². The van der Waals surface area contributed by atoms with E-state index in [9.17, 15) is 9.59 Å². The predicted octanol–water partition coefficient (Wildman–Crippen LogP) is 1.31. The van der Waals surface area contributed by atoms with Crippen molar-refractivity contribution in [3.05, 3.63) is 27.9 Å². The van der Waals surface area contributed by atoms with Crippen molar-refractivity contribution in [3.63, 3.8) is 0 Å². The van der Waals surface area contributed by atoms with Crippen LogP contribution in [0.5, 0.6) is 0 Å². The fraction of sp³-hybridized carbons (Fsp3) is 0.706. The van der Waals surface area contributed by atoms with Crippen LogP contribution in [0.1, 0.15) is 51.0 Å². The summed E-state index contributed by atoms with van der Waals surface area (Å²) in [4.78, 5) is 35.3. The van der Waals surface area contributed by atoms with Crippen LogP contribution in [0.2, 0.25) is 0 Å². The van der Waals surface area contributed by atoms with E-state index in [0.717, 1.165) is 56.7 Å². The molecule has 2 fully saturated rings. The SMILES string of the molecule is CCc1cc(=O)[nH]c(CN2CCCC2CN(C(C)=O)C2CC2)n1. The van der Waals surface area contributed by atoms with Crippen LogP contribution < -0.4 is 5.56 Å². The third kappa shape index (κ3) is 3.99. The molecule has 1 aromatic heterocycles. The molecule has 0 radical (unpaired) electrons. The van der Waals surface area contributed by atoms with Crippen molar-refractivity contribution in [1.82, 2.24) is 19.8 Å². The van der Waals surface area contributed by atoms with Crippen LogP contribution in [0.25, 0.3) is 0 Å². The molecule has 1 atom stereocenters. The molecule has 1 unspecified atom stereocenters. The molecule has 1 saturated heterocycles. The second-order valence-electron chi connectivity index (χ2n) is 6.71. The summed E-state index contributed by atoms with van der Waals surface area (Å²) < 4.78 is 0. The van der Waals surface area contributed by atoms with Crippen LogP contribution in [0, 0.1) is 0 Å². The molecule has 0 spiro atoms. The molecule has 6 heteroatoms. The first-order valence-electron chi connectivity index (χ1n) is 8.67. The molecule has 3 rings (SSSR count). The number of aromatic nitrogens is 2. The maximum Gasteiger partial charge on any atom is 0.251 e. The molecule has 0 aromatic carbocycles. The highest BCUT2D eigenvalue weighted by atomic mass is 16.2. The van der Waals surface area contributed by atoms with E-state index in [4.69, 9.17) is 0 Å². The number of nitrogens with one attached hydrogen (secondary N) is 1. The first-order valence-corrected chi connectivity index (χ1v) is 8.67. The van der Waals surface area contributed by atoms with E-state index >= 15 is 0 Å². The molecule has 0 bridgehead atoms. The summed E-state index contributed by atoms with van der Waals surface area (Å²) in [7, 11) is 0. The smallest absolute Gasteiger partial charge is 0.251 e.